The predicted molar refractivity (Wildman–Crippen MR) is 53.6 cm³/mol. The van der Waals surface area contributed by atoms with E-state index in [0.717, 1.165) is 5.39 Å². The first kappa shape index (κ1) is 9.06. The molecule has 0 spiro atoms. The van der Waals surface area contributed by atoms with Gasteiger partial charge in [-0.25, -0.2) is 14.4 Å². The molecule has 0 N–H and O–H groups in total. The maximum atomic E-state index is 13.3. The topological polar surface area (TPSA) is 25.8 Å². The smallest absolute Gasteiger partial charge is 0.149 e. The zero-order chi connectivity index (χ0) is 10.1. The van der Waals surface area contributed by atoms with Gasteiger partial charge < -0.3 is 0 Å². The van der Waals surface area contributed by atoms with Crippen LogP contribution >= 0.6 is 0 Å². The molecule has 0 bridgehead atoms. The van der Waals surface area contributed by atoms with Gasteiger partial charge in [-0.05, 0) is 6.07 Å². The van der Waals surface area contributed by atoms with Gasteiger partial charge in [0.25, 0.3) is 0 Å². The summed E-state index contributed by atoms with van der Waals surface area (Å²) in [6.07, 6.45) is 1.67. The molecule has 72 valence electrons. The van der Waals surface area contributed by atoms with Crippen LogP contribution < -0.4 is 0 Å². The van der Waals surface area contributed by atoms with E-state index in [9.17, 15) is 4.39 Å². The number of para-hydroxylation sites is 1. The number of halogens is 1. The lowest BCUT2D eigenvalue weighted by atomic mass is 10.2. The van der Waals surface area contributed by atoms with Gasteiger partial charge in [-0.2, -0.15) is 0 Å². The van der Waals surface area contributed by atoms with Crippen molar-refractivity contribution in [2.45, 2.75) is 19.8 Å². The third-order valence-corrected chi connectivity index (χ3v) is 2.10. The number of rotatable bonds is 1. The molecular formula is C11H11FN2. The van der Waals surface area contributed by atoms with E-state index in [4.69, 9.17) is 0 Å². The van der Waals surface area contributed by atoms with Crippen molar-refractivity contribution >= 4 is 10.9 Å². The second kappa shape index (κ2) is 3.33. The van der Waals surface area contributed by atoms with Crippen LogP contribution in [0.25, 0.3) is 10.9 Å². The second-order valence-corrected chi connectivity index (χ2v) is 3.56. The molecule has 0 radical (unpaired) electrons. The molecule has 0 amide bonds. The molecule has 0 saturated heterocycles. The first-order valence-corrected chi connectivity index (χ1v) is 4.59. The summed E-state index contributed by atoms with van der Waals surface area (Å²) in [4.78, 5) is 8.36. The summed E-state index contributed by atoms with van der Waals surface area (Å²) in [6, 6.07) is 4.89. The first-order chi connectivity index (χ1) is 6.68. The lowest BCUT2D eigenvalue weighted by molar-refractivity contribution is 0.634. The van der Waals surface area contributed by atoms with Crippen LogP contribution in [0, 0.1) is 5.82 Å². The first-order valence-electron chi connectivity index (χ1n) is 4.59. The monoisotopic (exact) mass is 190 g/mol. The standard InChI is InChI=1S/C11H11FN2/c1-7(2)11-13-6-8-4-3-5-9(12)10(8)14-11/h3-7H,1-2H3. The van der Waals surface area contributed by atoms with Crippen LogP contribution in [-0.4, -0.2) is 9.97 Å². The largest absolute Gasteiger partial charge is 0.240 e. The van der Waals surface area contributed by atoms with E-state index < -0.39 is 0 Å². The highest BCUT2D eigenvalue weighted by Crippen LogP contribution is 2.17. The summed E-state index contributed by atoms with van der Waals surface area (Å²) in [7, 11) is 0. The van der Waals surface area contributed by atoms with E-state index in [1.165, 1.54) is 6.07 Å². The summed E-state index contributed by atoms with van der Waals surface area (Å²) in [6.45, 7) is 3.98. The van der Waals surface area contributed by atoms with Gasteiger partial charge in [0.1, 0.15) is 17.2 Å². The molecule has 0 saturated carbocycles. The number of benzene rings is 1. The highest BCUT2D eigenvalue weighted by atomic mass is 19.1. The number of hydrogen-bond donors (Lipinski definition) is 0. The molecule has 0 fully saturated rings. The molecule has 2 nitrogen and oxygen atoms in total. The predicted octanol–water partition coefficient (Wildman–Crippen LogP) is 2.89. The maximum Gasteiger partial charge on any atom is 0.149 e. The Labute approximate surface area is 81.8 Å². The average Bonchev–Trinajstić information content (AvgIpc) is 2.18. The third-order valence-electron chi connectivity index (χ3n) is 2.10. The molecule has 1 heterocycles. The van der Waals surface area contributed by atoms with Crippen molar-refractivity contribution in [3.05, 3.63) is 36.0 Å². The molecule has 0 aliphatic rings. The molecule has 2 rings (SSSR count). The minimum atomic E-state index is -0.285. The van der Waals surface area contributed by atoms with Crippen LogP contribution in [0.2, 0.25) is 0 Å². The summed E-state index contributed by atoms with van der Waals surface area (Å²) in [5.41, 5.74) is 0.409. The molecule has 0 aliphatic heterocycles. The summed E-state index contributed by atoms with van der Waals surface area (Å²) < 4.78 is 13.3. The van der Waals surface area contributed by atoms with Crippen LogP contribution in [0.3, 0.4) is 0 Å². The minimum absolute atomic E-state index is 0.221. The van der Waals surface area contributed by atoms with Crippen LogP contribution in [0.4, 0.5) is 4.39 Å². The zero-order valence-electron chi connectivity index (χ0n) is 8.16. The number of aromatic nitrogens is 2. The lowest BCUT2D eigenvalue weighted by Crippen LogP contribution is -1.98. The second-order valence-electron chi connectivity index (χ2n) is 3.56. The Bertz CT molecular complexity index is 466. The molecular weight excluding hydrogens is 179 g/mol. The quantitative estimate of drug-likeness (QED) is 0.691. The van der Waals surface area contributed by atoms with Crippen molar-refractivity contribution in [3.8, 4) is 0 Å². The molecule has 3 heteroatoms. The van der Waals surface area contributed by atoms with E-state index in [1.54, 1.807) is 12.3 Å². The van der Waals surface area contributed by atoms with Crippen LogP contribution in [0.1, 0.15) is 25.6 Å². The molecule has 14 heavy (non-hydrogen) atoms. The highest BCUT2D eigenvalue weighted by Gasteiger charge is 2.06. The number of hydrogen-bond acceptors (Lipinski definition) is 2. The SMILES string of the molecule is CC(C)c1ncc2cccc(F)c2n1. The molecule has 1 aromatic heterocycles. The van der Waals surface area contributed by atoms with E-state index in [-0.39, 0.29) is 11.7 Å². The molecule has 0 unspecified atom stereocenters. The average molecular weight is 190 g/mol. The van der Waals surface area contributed by atoms with Gasteiger partial charge in [-0.3, -0.25) is 0 Å². The van der Waals surface area contributed by atoms with Gasteiger partial charge in [0, 0.05) is 17.5 Å². The fourth-order valence-electron chi connectivity index (χ4n) is 1.31. The van der Waals surface area contributed by atoms with Crippen molar-refractivity contribution in [3.63, 3.8) is 0 Å². The Hall–Kier alpha value is -1.51. The van der Waals surface area contributed by atoms with E-state index in [2.05, 4.69) is 9.97 Å². The van der Waals surface area contributed by atoms with Gasteiger partial charge in [-0.1, -0.05) is 26.0 Å². The Kier molecular flexibility index (Phi) is 2.15. The van der Waals surface area contributed by atoms with Gasteiger partial charge in [0.15, 0.2) is 0 Å². The highest BCUT2D eigenvalue weighted by molar-refractivity contribution is 5.77. The summed E-state index contributed by atoms with van der Waals surface area (Å²) in [5, 5.41) is 0.745. The fourth-order valence-corrected chi connectivity index (χ4v) is 1.31. The molecule has 2 aromatic rings. The third kappa shape index (κ3) is 1.45. The van der Waals surface area contributed by atoms with E-state index >= 15 is 0 Å². The van der Waals surface area contributed by atoms with E-state index in [1.807, 2.05) is 19.9 Å². The lowest BCUT2D eigenvalue weighted by Gasteiger charge is -2.04. The normalized spacial score (nSPS) is 11.1. The van der Waals surface area contributed by atoms with E-state index in [0.29, 0.717) is 11.3 Å². The van der Waals surface area contributed by atoms with Gasteiger partial charge in [0.2, 0.25) is 0 Å². The Balaban J connectivity index is 2.70. The Morgan fingerprint density at radius 2 is 2.07 bits per heavy atom. The van der Waals surface area contributed by atoms with Crippen molar-refractivity contribution < 1.29 is 4.39 Å². The van der Waals surface area contributed by atoms with Crippen molar-refractivity contribution in [1.29, 1.82) is 0 Å². The maximum absolute atomic E-state index is 13.3. The van der Waals surface area contributed by atoms with Crippen LogP contribution in [0.15, 0.2) is 24.4 Å². The number of nitrogens with zero attached hydrogens (tertiary/aromatic N) is 2. The Morgan fingerprint density at radius 3 is 2.79 bits per heavy atom. The van der Waals surface area contributed by atoms with Gasteiger partial charge in [0.05, 0.1) is 0 Å². The van der Waals surface area contributed by atoms with Crippen molar-refractivity contribution in [1.82, 2.24) is 9.97 Å². The fraction of sp³-hybridized carbons (Fsp3) is 0.273. The molecule has 0 aliphatic carbocycles. The summed E-state index contributed by atoms with van der Waals surface area (Å²) in [5.74, 6) is 0.619. The summed E-state index contributed by atoms with van der Waals surface area (Å²) >= 11 is 0. The van der Waals surface area contributed by atoms with Crippen LogP contribution in [0.5, 0.6) is 0 Å². The zero-order valence-corrected chi connectivity index (χ0v) is 8.16. The molecule has 0 atom stereocenters. The minimum Gasteiger partial charge on any atom is -0.240 e. The van der Waals surface area contributed by atoms with Gasteiger partial charge in [-0.15, -0.1) is 0 Å². The van der Waals surface area contributed by atoms with Crippen molar-refractivity contribution in [2.24, 2.45) is 0 Å². The van der Waals surface area contributed by atoms with Gasteiger partial charge >= 0.3 is 0 Å². The van der Waals surface area contributed by atoms with Crippen LogP contribution in [-0.2, 0) is 0 Å². The molecule has 1 aromatic carbocycles. The van der Waals surface area contributed by atoms with Crippen molar-refractivity contribution in [2.75, 3.05) is 0 Å². The Morgan fingerprint density at radius 1 is 1.29 bits per heavy atom. The number of fused-ring (bicyclic) bond motifs is 1.